The maximum atomic E-state index is 8.97. The van der Waals surface area contributed by atoms with E-state index in [4.69, 9.17) is 17.5 Å². The molecule has 104 valence electrons. The van der Waals surface area contributed by atoms with Gasteiger partial charge in [0.2, 0.25) is 0 Å². The van der Waals surface area contributed by atoms with Gasteiger partial charge in [0.05, 0.1) is 16.9 Å². The van der Waals surface area contributed by atoms with Crippen LogP contribution in [0.2, 0.25) is 0 Å². The average molecular weight is 285 g/mol. The summed E-state index contributed by atoms with van der Waals surface area (Å²) >= 11 is 5.39. The highest BCUT2D eigenvalue weighted by molar-refractivity contribution is 7.80. The van der Waals surface area contributed by atoms with Crippen LogP contribution in [0.25, 0.3) is 0 Å². The first-order valence-corrected chi connectivity index (χ1v) is 7.17. The van der Waals surface area contributed by atoms with Gasteiger partial charge in [-0.1, -0.05) is 32.1 Å². The predicted molar refractivity (Wildman–Crippen MR) is 85.5 cm³/mol. The molecule has 1 fully saturated rings. The molecule has 0 amide bonds. The number of thiocarbonyl (C=S) groups is 1. The van der Waals surface area contributed by atoms with Crippen LogP contribution in [0.3, 0.4) is 0 Å². The van der Waals surface area contributed by atoms with Gasteiger partial charge in [0.25, 0.3) is 0 Å². The second kappa shape index (κ2) is 5.34. The Morgan fingerprint density at radius 2 is 2.20 bits per heavy atom. The Labute approximate surface area is 125 Å². The van der Waals surface area contributed by atoms with E-state index in [-0.39, 0.29) is 5.41 Å². The Morgan fingerprint density at radius 1 is 1.55 bits per heavy atom. The molecule has 0 spiro atoms. The number of anilines is 1. The summed E-state index contributed by atoms with van der Waals surface area (Å²) < 4.78 is 0. The molecule has 3 nitrogen and oxygen atoms in total. The molecule has 0 saturated heterocycles. The van der Waals surface area contributed by atoms with Crippen LogP contribution in [-0.2, 0) is 0 Å². The van der Waals surface area contributed by atoms with Crippen LogP contribution in [0.4, 0.5) is 5.69 Å². The maximum Gasteiger partial charge on any atom is 0.143 e. The topological polar surface area (TPSA) is 39.9 Å². The summed E-state index contributed by atoms with van der Waals surface area (Å²) in [5.41, 5.74) is 3.37. The van der Waals surface area contributed by atoms with E-state index in [2.05, 4.69) is 24.6 Å². The van der Waals surface area contributed by atoms with Crippen molar-refractivity contribution in [2.24, 2.45) is 5.41 Å². The van der Waals surface area contributed by atoms with Gasteiger partial charge in [-0.3, -0.25) is 0 Å². The molecule has 4 heteroatoms. The second-order valence-electron chi connectivity index (χ2n) is 5.69. The Hall–Kier alpha value is -1.73. The number of hydrogen-bond acceptors (Lipinski definition) is 3. The first kappa shape index (κ1) is 14.7. The minimum absolute atomic E-state index is 0.127. The van der Waals surface area contributed by atoms with E-state index in [0.717, 1.165) is 34.8 Å². The van der Waals surface area contributed by atoms with Crippen LogP contribution in [0, 0.1) is 23.7 Å². The standard InChI is InChI=1S/C16H19N3S/c1-11-8-14(10-18-15(11)9-17)19(13(3)20)12(2)16(4)6-5-7-16/h8,10H,2,5-7H2,1,3-4H3. The third-order valence-electron chi connectivity index (χ3n) is 4.17. The smallest absolute Gasteiger partial charge is 0.143 e. The van der Waals surface area contributed by atoms with E-state index in [1.165, 1.54) is 6.42 Å². The van der Waals surface area contributed by atoms with Crippen LogP contribution in [0.15, 0.2) is 24.5 Å². The Balaban J connectivity index is 2.39. The maximum absolute atomic E-state index is 8.97. The highest BCUT2D eigenvalue weighted by Gasteiger charge is 2.38. The molecule has 0 N–H and O–H groups in total. The van der Waals surface area contributed by atoms with Crippen molar-refractivity contribution in [1.29, 1.82) is 5.26 Å². The summed E-state index contributed by atoms with van der Waals surface area (Å²) in [6.07, 6.45) is 5.24. The largest absolute Gasteiger partial charge is 0.307 e. The van der Waals surface area contributed by atoms with Crippen LogP contribution >= 0.6 is 12.2 Å². The fourth-order valence-electron chi connectivity index (χ4n) is 2.59. The molecule has 1 aliphatic rings. The molecule has 1 aromatic rings. The van der Waals surface area contributed by atoms with Gasteiger partial charge in [-0.2, -0.15) is 5.26 Å². The van der Waals surface area contributed by atoms with Crippen LogP contribution in [0.1, 0.15) is 44.4 Å². The van der Waals surface area contributed by atoms with Crippen molar-refractivity contribution in [3.8, 4) is 6.07 Å². The first-order chi connectivity index (χ1) is 9.39. The van der Waals surface area contributed by atoms with Crippen molar-refractivity contribution in [1.82, 2.24) is 4.98 Å². The number of hydrogen-bond donors (Lipinski definition) is 0. The quantitative estimate of drug-likeness (QED) is 0.783. The van der Waals surface area contributed by atoms with Crippen molar-refractivity contribution >= 4 is 22.9 Å². The summed E-state index contributed by atoms with van der Waals surface area (Å²) in [5, 5.41) is 8.97. The highest BCUT2D eigenvalue weighted by atomic mass is 32.1. The molecule has 1 heterocycles. The number of allylic oxidation sites excluding steroid dienone is 1. The van der Waals surface area contributed by atoms with Crippen LogP contribution in [-0.4, -0.2) is 9.97 Å². The predicted octanol–water partition coefficient (Wildman–Crippen LogP) is 4.12. The Morgan fingerprint density at radius 3 is 2.60 bits per heavy atom. The molecule has 0 bridgehead atoms. The first-order valence-electron chi connectivity index (χ1n) is 6.76. The minimum Gasteiger partial charge on any atom is -0.307 e. The minimum atomic E-state index is 0.127. The molecule has 20 heavy (non-hydrogen) atoms. The van der Waals surface area contributed by atoms with Gasteiger partial charge in [-0.15, -0.1) is 0 Å². The average Bonchev–Trinajstić information content (AvgIpc) is 2.35. The normalized spacial score (nSPS) is 15.9. The Kier molecular flexibility index (Phi) is 3.92. The van der Waals surface area contributed by atoms with Crippen molar-refractivity contribution < 1.29 is 0 Å². The fraction of sp³-hybridized carbons (Fsp3) is 0.438. The molecule has 1 aliphatic carbocycles. The molecule has 0 unspecified atom stereocenters. The zero-order chi connectivity index (χ0) is 14.9. The van der Waals surface area contributed by atoms with Gasteiger partial charge >= 0.3 is 0 Å². The Bertz CT molecular complexity index is 609. The summed E-state index contributed by atoms with van der Waals surface area (Å²) in [7, 11) is 0. The zero-order valence-electron chi connectivity index (χ0n) is 12.2. The monoisotopic (exact) mass is 285 g/mol. The third kappa shape index (κ3) is 2.46. The lowest BCUT2D eigenvalue weighted by molar-refractivity contribution is 0.213. The number of aromatic nitrogens is 1. The van der Waals surface area contributed by atoms with E-state index in [1.54, 1.807) is 6.20 Å². The summed E-state index contributed by atoms with van der Waals surface area (Å²) in [4.78, 5) is 6.96. The molecular weight excluding hydrogens is 266 g/mol. The molecular formula is C16H19N3S. The van der Waals surface area contributed by atoms with E-state index in [0.29, 0.717) is 5.69 Å². The van der Waals surface area contributed by atoms with Crippen molar-refractivity contribution in [2.45, 2.75) is 40.0 Å². The fourth-order valence-corrected chi connectivity index (χ4v) is 2.81. The van der Waals surface area contributed by atoms with Gasteiger partial charge in [-0.25, -0.2) is 4.98 Å². The SMILES string of the molecule is C=C(N(C(C)=S)c1cnc(C#N)c(C)c1)C1(C)CCC1. The van der Waals surface area contributed by atoms with Crippen molar-refractivity contribution in [2.75, 3.05) is 4.90 Å². The molecule has 2 rings (SSSR count). The van der Waals surface area contributed by atoms with Gasteiger partial charge in [0, 0.05) is 11.1 Å². The van der Waals surface area contributed by atoms with Crippen LogP contribution < -0.4 is 4.90 Å². The molecule has 0 radical (unpaired) electrons. The lowest BCUT2D eigenvalue weighted by Gasteiger charge is -2.44. The number of pyridine rings is 1. The third-order valence-corrected chi connectivity index (χ3v) is 4.35. The molecule has 1 aromatic heterocycles. The molecule has 0 aliphatic heterocycles. The lowest BCUT2D eigenvalue weighted by Crippen LogP contribution is -2.39. The number of nitriles is 1. The number of rotatable bonds is 3. The van der Waals surface area contributed by atoms with E-state index in [9.17, 15) is 0 Å². The van der Waals surface area contributed by atoms with Crippen molar-refractivity contribution in [3.05, 3.63) is 35.8 Å². The van der Waals surface area contributed by atoms with Gasteiger partial charge in [-0.05, 0) is 38.3 Å². The summed E-state index contributed by atoms with van der Waals surface area (Å²) in [6.45, 7) is 10.3. The number of nitrogens with zero attached hydrogens (tertiary/aromatic N) is 3. The highest BCUT2D eigenvalue weighted by Crippen LogP contribution is 2.47. The van der Waals surface area contributed by atoms with E-state index >= 15 is 0 Å². The molecule has 0 atom stereocenters. The van der Waals surface area contributed by atoms with E-state index < -0.39 is 0 Å². The zero-order valence-corrected chi connectivity index (χ0v) is 13.0. The van der Waals surface area contributed by atoms with Gasteiger partial charge in [0.15, 0.2) is 0 Å². The lowest BCUT2D eigenvalue weighted by atomic mass is 9.68. The summed E-state index contributed by atoms with van der Waals surface area (Å²) in [5.74, 6) is 0. The van der Waals surface area contributed by atoms with Crippen LogP contribution in [0.5, 0.6) is 0 Å². The number of aryl methyl sites for hydroxylation is 1. The van der Waals surface area contributed by atoms with Crippen molar-refractivity contribution in [3.63, 3.8) is 0 Å². The molecule has 1 saturated carbocycles. The summed E-state index contributed by atoms with van der Waals surface area (Å²) in [6, 6.07) is 4.04. The van der Waals surface area contributed by atoms with Gasteiger partial charge < -0.3 is 4.90 Å². The van der Waals surface area contributed by atoms with Gasteiger partial charge in [0.1, 0.15) is 11.8 Å². The second-order valence-corrected chi connectivity index (χ2v) is 6.28. The molecule has 0 aromatic carbocycles. The van der Waals surface area contributed by atoms with E-state index in [1.807, 2.05) is 24.8 Å².